The Labute approximate surface area is 108 Å². The number of sulfone groups is 1. The van der Waals surface area contributed by atoms with Gasteiger partial charge in [-0.25, -0.2) is 8.42 Å². The zero-order chi connectivity index (χ0) is 13.2. The van der Waals surface area contributed by atoms with E-state index in [4.69, 9.17) is 10.0 Å². The van der Waals surface area contributed by atoms with Crippen molar-refractivity contribution in [1.29, 1.82) is 0 Å². The Kier molecular flexibility index (Phi) is 4.09. The molecule has 98 valence electrons. The van der Waals surface area contributed by atoms with E-state index in [0.717, 1.165) is 32.1 Å². The van der Waals surface area contributed by atoms with Crippen molar-refractivity contribution in [3.8, 4) is 0 Å². The van der Waals surface area contributed by atoms with Crippen LogP contribution in [0.5, 0.6) is 0 Å². The first kappa shape index (κ1) is 13.6. The van der Waals surface area contributed by atoms with Crippen molar-refractivity contribution in [2.45, 2.75) is 42.2 Å². The van der Waals surface area contributed by atoms with Gasteiger partial charge in [0.2, 0.25) is 0 Å². The topological polar surface area (TPSA) is 74.6 Å². The fraction of sp³-hybridized carbons (Fsp3) is 0.500. The number of hydrogen-bond acceptors (Lipinski definition) is 4. The lowest BCUT2D eigenvalue weighted by molar-refractivity contribution is 0.425. The monoisotopic (exact) mass is 268 g/mol. The van der Waals surface area contributed by atoms with Crippen LogP contribution in [0.25, 0.3) is 0 Å². The largest absolute Gasteiger partial charge is 0.488 e. The van der Waals surface area contributed by atoms with Gasteiger partial charge in [0, 0.05) is 0 Å². The Bertz CT molecular complexity index is 489. The molecule has 0 heterocycles. The highest BCUT2D eigenvalue weighted by Gasteiger charge is 2.28. The van der Waals surface area contributed by atoms with E-state index in [1.165, 1.54) is 24.3 Å². The van der Waals surface area contributed by atoms with Gasteiger partial charge in [0.05, 0.1) is 10.1 Å². The summed E-state index contributed by atoms with van der Waals surface area (Å²) in [5, 5.41) is 17.7. The maximum Gasteiger partial charge on any atom is 0.488 e. The summed E-state index contributed by atoms with van der Waals surface area (Å²) in [6, 6.07) is 5.80. The summed E-state index contributed by atoms with van der Waals surface area (Å²) in [6.45, 7) is 0. The molecular weight excluding hydrogens is 251 g/mol. The first-order valence-corrected chi connectivity index (χ1v) is 7.76. The standard InChI is InChI=1S/C12H17BO4S/c14-13(15)10-6-8-12(9-7-10)18(16,17)11-4-2-1-3-5-11/h6-9,11,14-15H,1-5H2. The second-order valence-electron chi connectivity index (χ2n) is 4.75. The van der Waals surface area contributed by atoms with Gasteiger partial charge in [-0.1, -0.05) is 31.4 Å². The van der Waals surface area contributed by atoms with Crippen molar-refractivity contribution in [1.82, 2.24) is 0 Å². The maximum atomic E-state index is 12.3. The summed E-state index contributed by atoms with van der Waals surface area (Å²) < 4.78 is 24.7. The minimum atomic E-state index is -3.27. The number of rotatable bonds is 3. The lowest BCUT2D eigenvalue weighted by atomic mass is 9.81. The van der Waals surface area contributed by atoms with Gasteiger partial charge in [-0.2, -0.15) is 0 Å². The molecule has 1 aliphatic rings. The molecule has 2 N–H and O–H groups in total. The quantitative estimate of drug-likeness (QED) is 0.781. The van der Waals surface area contributed by atoms with Gasteiger partial charge in [-0.05, 0) is 30.4 Å². The molecule has 0 amide bonds. The molecule has 1 fully saturated rings. The normalized spacial score (nSPS) is 17.7. The molecule has 1 aliphatic carbocycles. The number of hydrogen-bond donors (Lipinski definition) is 2. The highest BCUT2D eigenvalue weighted by Crippen LogP contribution is 2.28. The van der Waals surface area contributed by atoms with E-state index in [9.17, 15) is 8.42 Å². The first-order chi connectivity index (χ1) is 8.51. The molecule has 1 saturated carbocycles. The molecule has 0 radical (unpaired) electrons. The van der Waals surface area contributed by atoms with Crippen molar-refractivity contribution in [3.05, 3.63) is 24.3 Å². The van der Waals surface area contributed by atoms with E-state index in [0.29, 0.717) is 5.46 Å². The van der Waals surface area contributed by atoms with Crippen LogP contribution >= 0.6 is 0 Å². The zero-order valence-corrected chi connectivity index (χ0v) is 10.9. The average molecular weight is 268 g/mol. The Hall–Kier alpha value is -0.845. The molecule has 0 spiro atoms. The minimum absolute atomic E-state index is 0.277. The van der Waals surface area contributed by atoms with Gasteiger partial charge in [-0.15, -0.1) is 0 Å². The van der Waals surface area contributed by atoms with Crippen LogP contribution in [0.4, 0.5) is 0 Å². The molecule has 0 atom stereocenters. The van der Waals surface area contributed by atoms with E-state index in [1.807, 2.05) is 0 Å². The molecule has 0 bridgehead atoms. The molecule has 1 aromatic rings. The predicted octanol–water partition coefficient (Wildman–Crippen LogP) is 0.473. The molecule has 6 heteroatoms. The van der Waals surface area contributed by atoms with Crippen molar-refractivity contribution in [2.75, 3.05) is 0 Å². The van der Waals surface area contributed by atoms with E-state index < -0.39 is 17.0 Å². The van der Waals surface area contributed by atoms with Crippen LogP contribution in [0.3, 0.4) is 0 Å². The van der Waals surface area contributed by atoms with Gasteiger partial charge in [-0.3, -0.25) is 0 Å². The summed E-state index contributed by atoms with van der Waals surface area (Å²) in [4.78, 5) is 0.277. The second kappa shape index (κ2) is 5.42. The van der Waals surface area contributed by atoms with Gasteiger partial charge >= 0.3 is 7.12 Å². The third-order valence-corrected chi connectivity index (χ3v) is 5.78. The summed E-state index contributed by atoms with van der Waals surface area (Å²) in [5.74, 6) is 0. The van der Waals surface area contributed by atoms with Crippen LogP contribution < -0.4 is 5.46 Å². The predicted molar refractivity (Wildman–Crippen MR) is 70.3 cm³/mol. The second-order valence-corrected chi connectivity index (χ2v) is 6.98. The Morgan fingerprint density at radius 3 is 2.06 bits per heavy atom. The fourth-order valence-electron chi connectivity index (χ4n) is 2.40. The lowest BCUT2D eigenvalue weighted by Crippen LogP contribution is -2.30. The van der Waals surface area contributed by atoms with Crippen LogP contribution in [0, 0.1) is 0 Å². The van der Waals surface area contributed by atoms with Gasteiger partial charge < -0.3 is 10.0 Å². The van der Waals surface area contributed by atoms with E-state index in [-0.39, 0.29) is 10.1 Å². The summed E-state index contributed by atoms with van der Waals surface area (Å²) >= 11 is 0. The van der Waals surface area contributed by atoms with Crippen LogP contribution in [-0.2, 0) is 9.84 Å². The third kappa shape index (κ3) is 2.76. The molecule has 2 rings (SSSR count). The van der Waals surface area contributed by atoms with E-state index in [2.05, 4.69) is 0 Å². The first-order valence-electron chi connectivity index (χ1n) is 6.22. The minimum Gasteiger partial charge on any atom is -0.423 e. The summed E-state index contributed by atoms with van der Waals surface area (Å²) in [6.07, 6.45) is 4.51. The summed E-state index contributed by atoms with van der Waals surface area (Å²) in [5.41, 5.74) is 0.303. The molecule has 4 nitrogen and oxygen atoms in total. The van der Waals surface area contributed by atoms with Crippen LogP contribution in [0.2, 0.25) is 0 Å². The average Bonchev–Trinajstić information content (AvgIpc) is 2.40. The van der Waals surface area contributed by atoms with Crippen molar-refractivity contribution in [3.63, 3.8) is 0 Å². The Morgan fingerprint density at radius 2 is 1.56 bits per heavy atom. The molecule has 1 aromatic carbocycles. The van der Waals surface area contributed by atoms with Gasteiger partial charge in [0.25, 0.3) is 0 Å². The highest BCUT2D eigenvalue weighted by molar-refractivity contribution is 7.92. The fourth-order valence-corrected chi connectivity index (χ4v) is 4.25. The summed E-state index contributed by atoms with van der Waals surface area (Å²) in [7, 11) is -4.83. The Morgan fingerprint density at radius 1 is 1.00 bits per heavy atom. The molecule has 0 aliphatic heterocycles. The van der Waals surface area contributed by atoms with Gasteiger partial charge in [0.15, 0.2) is 9.84 Å². The third-order valence-electron chi connectivity index (χ3n) is 3.50. The van der Waals surface area contributed by atoms with E-state index in [1.54, 1.807) is 0 Å². The Balaban J connectivity index is 2.23. The van der Waals surface area contributed by atoms with Crippen LogP contribution in [-0.4, -0.2) is 30.8 Å². The number of benzene rings is 1. The smallest absolute Gasteiger partial charge is 0.423 e. The van der Waals surface area contributed by atoms with Crippen LogP contribution in [0.15, 0.2) is 29.2 Å². The zero-order valence-electron chi connectivity index (χ0n) is 10.1. The maximum absolute atomic E-state index is 12.3. The van der Waals surface area contributed by atoms with Crippen molar-refractivity contribution in [2.24, 2.45) is 0 Å². The van der Waals surface area contributed by atoms with Crippen molar-refractivity contribution >= 4 is 22.4 Å². The van der Waals surface area contributed by atoms with E-state index >= 15 is 0 Å². The molecule has 0 aromatic heterocycles. The van der Waals surface area contributed by atoms with Crippen LogP contribution in [0.1, 0.15) is 32.1 Å². The highest BCUT2D eigenvalue weighted by atomic mass is 32.2. The molecule has 0 saturated heterocycles. The lowest BCUT2D eigenvalue weighted by Gasteiger charge is -2.21. The van der Waals surface area contributed by atoms with Gasteiger partial charge in [0.1, 0.15) is 0 Å². The molecular formula is C12H17BO4S. The molecule has 18 heavy (non-hydrogen) atoms. The van der Waals surface area contributed by atoms with Crippen molar-refractivity contribution < 1.29 is 18.5 Å². The molecule has 0 unspecified atom stereocenters. The SMILES string of the molecule is O=S(=O)(c1ccc(B(O)O)cc1)C1CCCCC1.